The lowest BCUT2D eigenvalue weighted by Crippen LogP contribution is -2.26. The molecule has 1 heterocycles. The summed E-state index contributed by atoms with van der Waals surface area (Å²) in [6, 6.07) is 0. The summed E-state index contributed by atoms with van der Waals surface area (Å²) < 4.78 is 11.3. The molecule has 28 heavy (non-hydrogen) atoms. The van der Waals surface area contributed by atoms with Gasteiger partial charge in [-0.25, -0.2) is 4.79 Å². The van der Waals surface area contributed by atoms with Crippen molar-refractivity contribution < 1.29 is 19.1 Å². The molecule has 3 atom stereocenters. The first kappa shape index (κ1) is 23.9. The molecule has 0 unspecified atom stereocenters. The van der Waals surface area contributed by atoms with Gasteiger partial charge in [0.05, 0.1) is 0 Å². The molecule has 0 fully saturated rings. The molecule has 1 rings (SSSR count). The normalized spacial score (nSPS) is 26.3. The lowest BCUT2D eigenvalue weighted by molar-refractivity contribution is -0.151. The van der Waals surface area contributed by atoms with E-state index in [1.54, 1.807) is 6.08 Å². The third-order valence-corrected chi connectivity index (χ3v) is 4.80. The van der Waals surface area contributed by atoms with Crippen LogP contribution in [0.5, 0.6) is 0 Å². The number of rotatable bonds is 5. The molecule has 0 spiro atoms. The van der Waals surface area contributed by atoms with Crippen LogP contribution in [0, 0.1) is 11.8 Å². The molecule has 1 aliphatic rings. The molecule has 0 aliphatic carbocycles. The molecule has 1 aliphatic heterocycles. The van der Waals surface area contributed by atoms with E-state index in [1.807, 2.05) is 19.9 Å². The molecule has 0 aromatic carbocycles. The van der Waals surface area contributed by atoms with Crippen LogP contribution in [0.25, 0.3) is 0 Å². The van der Waals surface area contributed by atoms with Crippen LogP contribution in [0.3, 0.4) is 0 Å². The Labute approximate surface area is 170 Å². The van der Waals surface area contributed by atoms with Gasteiger partial charge in [-0.15, -0.1) is 0 Å². The highest BCUT2D eigenvalue weighted by molar-refractivity contribution is 5.82. The van der Waals surface area contributed by atoms with Crippen LogP contribution in [0.15, 0.2) is 48.1 Å². The maximum absolute atomic E-state index is 12.2. The summed E-state index contributed by atoms with van der Waals surface area (Å²) >= 11 is 0. The molecule has 0 aromatic heterocycles. The molecule has 0 aromatic rings. The van der Waals surface area contributed by atoms with E-state index in [9.17, 15) is 9.59 Å². The predicted molar refractivity (Wildman–Crippen MR) is 114 cm³/mol. The third-order valence-electron chi connectivity index (χ3n) is 4.80. The molecule has 4 heteroatoms. The number of hydrogen-bond acceptors (Lipinski definition) is 4. The van der Waals surface area contributed by atoms with E-state index >= 15 is 0 Å². The minimum Gasteiger partial charge on any atom is -0.462 e. The fourth-order valence-corrected chi connectivity index (χ4v) is 3.11. The summed E-state index contributed by atoms with van der Waals surface area (Å²) in [4.78, 5) is 24.3. The predicted octanol–water partition coefficient (Wildman–Crippen LogP) is 5.70. The van der Waals surface area contributed by atoms with Crippen LogP contribution in [0.2, 0.25) is 0 Å². The molecule has 0 N–H and O–H groups in total. The lowest BCUT2D eigenvalue weighted by atomic mass is 9.94. The minimum atomic E-state index is -0.357. The molecular weight excluding hydrogens is 352 g/mol. The maximum atomic E-state index is 12.2. The van der Waals surface area contributed by atoms with Crippen molar-refractivity contribution in [3.8, 4) is 0 Å². The van der Waals surface area contributed by atoms with Crippen molar-refractivity contribution in [3.05, 3.63) is 48.1 Å². The van der Waals surface area contributed by atoms with Crippen molar-refractivity contribution in [2.24, 2.45) is 11.8 Å². The monoisotopic (exact) mass is 388 g/mol. The lowest BCUT2D eigenvalue weighted by Gasteiger charge is -2.24. The van der Waals surface area contributed by atoms with E-state index < -0.39 is 0 Å². The van der Waals surface area contributed by atoms with Gasteiger partial charge in [0.25, 0.3) is 0 Å². The standard InChI is InChI=1S/C24H36O4/c1-17(2)16-19(5)14-15-24(26)28-22-12-9-13-23(25)27-21(18(3)4)11-8-7-10-20(22)6/h7-8,14-16,18,20-22H,1,9-13H2,2-6H3/b8-7-,15-14+,19-16+/t20-,21+,22-/m0/s1. The first-order valence-electron chi connectivity index (χ1n) is 10.3. The van der Waals surface area contributed by atoms with E-state index in [0.717, 1.165) is 24.0 Å². The maximum Gasteiger partial charge on any atom is 0.331 e. The summed E-state index contributed by atoms with van der Waals surface area (Å²) in [5.74, 6) is -0.0545. The molecule has 0 bridgehead atoms. The fourth-order valence-electron chi connectivity index (χ4n) is 3.11. The van der Waals surface area contributed by atoms with Crippen LogP contribution in [0.1, 0.15) is 66.7 Å². The van der Waals surface area contributed by atoms with Crippen LogP contribution < -0.4 is 0 Å². The van der Waals surface area contributed by atoms with Crippen LogP contribution in [0.4, 0.5) is 0 Å². The van der Waals surface area contributed by atoms with Gasteiger partial charge >= 0.3 is 11.9 Å². The smallest absolute Gasteiger partial charge is 0.331 e. The van der Waals surface area contributed by atoms with Gasteiger partial charge in [-0.1, -0.05) is 62.8 Å². The SMILES string of the molecule is C=C(C)/C=C(C)/C=C/C(=O)O[C@H]1CCCC(=O)O[C@@H](C(C)C)C/C=C\C[C@@H]1C. The molecule has 4 nitrogen and oxygen atoms in total. The van der Waals surface area contributed by atoms with Gasteiger partial charge < -0.3 is 9.47 Å². The van der Waals surface area contributed by atoms with Gasteiger partial charge in [0.2, 0.25) is 0 Å². The summed E-state index contributed by atoms with van der Waals surface area (Å²) in [5.41, 5.74) is 1.88. The quantitative estimate of drug-likeness (QED) is 0.262. The Kier molecular flexibility index (Phi) is 10.6. The summed E-state index contributed by atoms with van der Waals surface area (Å²) in [6.45, 7) is 13.9. The molecular formula is C24H36O4. The van der Waals surface area contributed by atoms with Gasteiger partial charge in [0.1, 0.15) is 12.2 Å². The average Bonchev–Trinajstić information content (AvgIpc) is 2.59. The van der Waals surface area contributed by atoms with Crippen molar-refractivity contribution in [1.82, 2.24) is 0 Å². The highest BCUT2D eigenvalue weighted by atomic mass is 16.5. The molecule has 0 radical (unpaired) electrons. The van der Waals surface area contributed by atoms with E-state index in [-0.39, 0.29) is 36.0 Å². The summed E-state index contributed by atoms with van der Waals surface area (Å²) in [5, 5.41) is 0. The second-order valence-corrected chi connectivity index (χ2v) is 8.13. The molecule has 156 valence electrons. The highest BCUT2D eigenvalue weighted by Gasteiger charge is 2.22. The number of allylic oxidation sites excluding steroid dienone is 5. The van der Waals surface area contributed by atoms with Crippen molar-refractivity contribution in [3.63, 3.8) is 0 Å². The Morgan fingerprint density at radius 2 is 1.93 bits per heavy atom. The van der Waals surface area contributed by atoms with Crippen molar-refractivity contribution in [2.75, 3.05) is 0 Å². The van der Waals surface area contributed by atoms with Crippen molar-refractivity contribution >= 4 is 11.9 Å². The topological polar surface area (TPSA) is 52.6 Å². The van der Waals surface area contributed by atoms with Crippen LogP contribution >= 0.6 is 0 Å². The summed E-state index contributed by atoms with van der Waals surface area (Å²) in [6.07, 6.45) is 12.2. The number of carbonyl (C=O) groups is 2. The van der Waals surface area contributed by atoms with Gasteiger partial charge in [-0.3, -0.25) is 4.79 Å². The van der Waals surface area contributed by atoms with Gasteiger partial charge in [0.15, 0.2) is 0 Å². The largest absolute Gasteiger partial charge is 0.462 e. The number of cyclic esters (lactones) is 1. The van der Waals surface area contributed by atoms with Gasteiger partial charge in [0, 0.05) is 18.9 Å². The Morgan fingerprint density at radius 1 is 1.25 bits per heavy atom. The first-order valence-corrected chi connectivity index (χ1v) is 10.3. The van der Waals surface area contributed by atoms with Crippen LogP contribution in [-0.2, 0) is 19.1 Å². The Bertz CT molecular complexity index is 625. The second kappa shape index (κ2) is 12.4. The number of hydrogen-bond donors (Lipinski definition) is 0. The number of esters is 2. The van der Waals surface area contributed by atoms with Gasteiger partial charge in [-0.2, -0.15) is 0 Å². The zero-order valence-electron chi connectivity index (χ0n) is 18.1. The minimum absolute atomic E-state index is 0.0762. The second-order valence-electron chi connectivity index (χ2n) is 8.13. The fraction of sp³-hybridized carbons (Fsp3) is 0.583. The van der Waals surface area contributed by atoms with E-state index in [4.69, 9.17) is 9.47 Å². The Balaban J connectivity index is 2.75. The number of ether oxygens (including phenoxy) is 2. The highest BCUT2D eigenvalue weighted by Crippen LogP contribution is 2.22. The Morgan fingerprint density at radius 3 is 2.57 bits per heavy atom. The average molecular weight is 389 g/mol. The van der Waals surface area contributed by atoms with Gasteiger partial charge in [-0.05, 0) is 44.9 Å². The number of carbonyl (C=O) groups excluding carboxylic acids is 2. The van der Waals surface area contributed by atoms with Crippen molar-refractivity contribution in [2.45, 2.75) is 78.9 Å². The van der Waals surface area contributed by atoms with Crippen molar-refractivity contribution in [1.29, 1.82) is 0 Å². The zero-order chi connectivity index (χ0) is 21.1. The molecule has 0 amide bonds. The first-order chi connectivity index (χ1) is 13.2. The van der Waals surface area contributed by atoms with Crippen LogP contribution in [-0.4, -0.2) is 24.1 Å². The summed E-state index contributed by atoms with van der Waals surface area (Å²) in [7, 11) is 0. The van der Waals surface area contributed by atoms with E-state index in [1.165, 1.54) is 6.08 Å². The third kappa shape index (κ3) is 9.72. The van der Waals surface area contributed by atoms with E-state index in [2.05, 4.69) is 39.5 Å². The zero-order valence-corrected chi connectivity index (χ0v) is 18.1. The molecule has 0 saturated heterocycles. The Hall–Kier alpha value is -2.10. The molecule has 0 saturated carbocycles. The van der Waals surface area contributed by atoms with E-state index in [0.29, 0.717) is 19.3 Å².